The highest BCUT2D eigenvalue weighted by Crippen LogP contribution is 2.25. The van der Waals surface area contributed by atoms with Gasteiger partial charge >= 0.3 is 0 Å². The molecule has 1 saturated heterocycles. The highest BCUT2D eigenvalue weighted by atomic mass is 19.1. The topological polar surface area (TPSA) is 51.2 Å². The lowest BCUT2D eigenvalue weighted by Gasteiger charge is -2.12. The van der Waals surface area contributed by atoms with Gasteiger partial charge in [-0.2, -0.15) is 0 Å². The number of fused-ring (bicyclic) bond motifs is 1. The number of ether oxygens (including phenoxy) is 1. The summed E-state index contributed by atoms with van der Waals surface area (Å²) in [6.45, 7) is 1.39. The van der Waals surface area contributed by atoms with Crippen molar-refractivity contribution in [2.24, 2.45) is 0 Å². The van der Waals surface area contributed by atoms with E-state index in [0.717, 1.165) is 42.3 Å². The van der Waals surface area contributed by atoms with E-state index in [4.69, 9.17) is 4.74 Å². The van der Waals surface area contributed by atoms with Crippen LogP contribution in [0.4, 0.5) is 4.39 Å². The van der Waals surface area contributed by atoms with E-state index in [9.17, 15) is 9.18 Å². The van der Waals surface area contributed by atoms with Crippen molar-refractivity contribution in [2.45, 2.75) is 25.4 Å². The molecule has 1 aliphatic heterocycles. The van der Waals surface area contributed by atoms with Crippen molar-refractivity contribution in [3.8, 4) is 11.3 Å². The van der Waals surface area contributed by atoms with E-state index < -0.39 is 0 Å². The zero-order valence-electron chi connectivity index (χ0n) is 15.0. The van der Waals surface area contributed by atoms with E-state index >= 15 is 0 Å². The first-order chi connectivity index (χ1) is 13.2. The Morgan fingerprint density at radius 3 is 2.78 bits per heavy atom. The van der Waals surface area contributed by atoms with Gasteiger partial charge in [0.15, 0.2) is 0 Å². The number of pyridine rings is 1. The minimum Gasteiger partial charge on any atom is -0.378 e. The smallest absolute Gasteiger partial charge is 0.252 e. The van der Waals surface area contributed by atoms with Crippen LogP contribution in [0.15, 0.2) is 54.6 Å². The van der Waals surface area contributed by atoms with Crippen LogP contribution >= 0.6 is 0 Å². The maximum atomic E-state index is 13.2. The van der Waals surface area contributed by atoms with E-state index in [2.05, 4.69) is 10.3 Å². The van der Waals surface area contributed by atoms with Crippen molar-refractivity contribution in [2.75, 3.05) is 13.2 Å². The molecule has 1 aromatic heterocycles. The molecule has 0 aliphatic carbocycles. The fourth-order valence-corrected chi connectivity index (χ4v) is 3.45. The summed E-state index contributed by atoms with van der Waals surface area (Å²) in [5.74, 6) is -0.429. The van der Waals surface area contributed by atoms with Crippen LogP contribution in [0.3, 0.4) is 0 Å². The van der Waals surface area contributed by atoms with Crippen molar-refractivity contribution in [1.82, 2.24) is 10.3 Å². The average Bonchev–Trinajstić information content (AvgIpc) is 3.21. The summed E-state index contributed by atoms with van der Waals surface area (Å²) in [6.07, 6.45) is 3.21. The zero-order chi connectivity index (χ0) is 18.6. The van der Waals surface area contributed by atoms with Crippen LogP contribution in [0.25, 0.3) is 22.2 Å². The average molecular weight is 364 g/mol. The largest absolute Gasteiger partial charge is 0.378 e. The molecule has 3 aromatic rings. The van der Waals surface area contributed by atoms with E-state index in [1.165, 1.54) is 12.1 Å². The predicted octanol–water partition coefficient (Wildman–Crippen LogP) is 4.34. The highest BCUT2D eigenvalue weighted by molar-refractivity contribution is 6.07. The monoisotopic (exact) mass is 364 g/mol. The second-order valence-electron chi connectivity index (χ2n) is 6.76. The van der Waals surface area contributed by atoms with Gasteiger partial charge in [0.25, 0.3) is 5.91 Å². The quantitative estimate of drug-likeness (QED) is 0.733. The van der Waals surface area contributed by atoms with Crippen LogP contribution in [-0.4, -0.2) is 30.1 Å². The van der Waals surface area contributed by atoms with E-state index in [1.807, 2.05) is 24.3 Å². The summed E-state index contributed by atoms with van der Waals surface area (Å²) in [7, 11) is 0. The normalized spacial score (nSPS) is 16.6. The number of halogens is 1. The predicted molar refractivity (Wildman–Crippen MR) is 103 cm³/mol. The lowest BCUT2D eigenvalue weighted by atomic mass is 10.0. The van der Waals surface area contributed by atoms with Gasteiger partial charge in [0, 0.05) is 24.1 Å². The Morgan fingerprint density at radius 1 is 1.19 bits per heavy atom. The number of benzene rings is 2. The van der Waals surface area contributed by atoms with E-state index in [1.54, 1.807) is 18.2 Å². The molecular formula is C22H21FN2O2. The minimum atomic E-state index is -0.299. The molecule has 2 heterocycles. The first-order valence-electron chi connectivity index (χ1n) is 9.26. The first-order valence-corrected chi connectivity index (χ1v) is 9.26. The molecular weight excluding hydrogens is 343 g/mol. The fourth-order valence-electron chi connectivity index (χ4n) is 3.45. The number of rotatable bonds is 5. The Labute approximate surface area is 157 Å². The summed E-state index contributed by atoms with van der Waals surface area (Å²) in [5.41, 5.74) is 2.74. The second kappa shape index (κ2) is 7.84. The molecule has 1 aliphatic rings. The molecule has 1 amide bonds. The molecule has 1 N–H and O–H groups in total. The summed E-state index contributed by atoms with van der Waals surface area (Å²) in [5, 5.41) is 3.80. The van der Waals surface area contributed by atoms with Gasteiger partial charge in [0.1, 0.15) is 5.82 Å². The molecule has 0 bridgehead atoms. The number of carbonyl (C=O) groups excluding carboxylic acids is 1. The zero-order valence-corrected chi connectivity index (χ0v) is 15.0. The first kappa shape index (κ1) is 17.6. The van der Waals surface area contributed by atoms with Crippen molar-refractivity contribution in [3.05, 3.63) is 66.0 Å². The number of hydrogen-bond acceptors (Lipinski definition) is 3. The van der Waals surface area contributed by atoms with Crippen LogP contribution in [0, 0.1) is 5.82 Å². The minimum absolute atomic E-state index is 0.130. The lowest BCUT2D eigenvalue weighted by Crippen LogP contribution is -2.27. The van der Waals surface area contributed by atoms with Crippen molar-refractivity contribution >= 4 is 16.8 Å². The standard InChI is InChI=1S/C22H21FN2O2/c23-16-9-7-15(8-10-16)21-14-19(18-5-1-2-6-20(18)25-21)22(26)24-12-11-17-4-3-13-27-17/h1-2,5-10,14,17H,3-4,11-13H2,(H,24,26)/t17-/m1/s1. The van der Waals surface area contributed by atoms with Gasteiger partial charge in [-0.1, -0.05) is 18.2 Å². The second-order valence-corrected chi connectivity index (χ2v) is 6.76. The molecule has 2 aromatic carbocycles. The summed E-state index contributed by atoms with van der Waals surface area (Å²) in [4.78, 5) is 17.5. The molecule has 0 unspecified atom stereocenters. The van der Waals surface area contributed by atoms with Gasteiger partial charge in [-0.15, -0.1) is 0 Å². The van der Waals surface area contributed by atoms with E-state index in [0.29, 0.717) is 17.8 Å². The van der Waals surface area contributed by atoms with Gasteiger partial charge in [0.2, 0.25) is 0 Å². The van der Waals surface area contributed by atoms with Crippen LogP contribution in [0.5, 0.6) is 0 Å². The van der Waals surface area contributed by atoms with Gasteiger partial charge in [-0.3, -0.25) is 4.79 Å². The number of nitrogens with zero attached hydrogens (tertiary/aromatic N) is 1. The molecule has 1 fully saturated rings. The van der Waals surface area contributed by atoms with Crippen molar-refractivity contribution < 1.29 is 13.9 Å². The van der Waals surface area contributed by atoms with Crippen molar-refractivity contribution in [3.63, 3.8) is 0 Å². The molecule has 0 spiro atoms. The Morgan fingerprint density at radius 2 is 2.00 bits per heavy atom. The Kier molecular flexibility index (Phi) is 5.12. The third-order valence-electron chi connectivity index (χ3n) is 4.88. The number of nitrogens with one attached hydrogen (secondary N) is 1. The number of para-hydroxylation sites is 1. The maximum Gasteiger partial charge on any atom is 0.252 e. The molecule has 0 radical (unpaired) electrons. The molecule has 5 heteroatoms. The fraction of sp³-hybridized carbons (Fsp3) is 0.273. The number of aromatic nitrogens is 1. The Bertz CT molecular complexity index is 950. The van der Waals surface area contributed by atoms with Crippen LogP contribution < -0.4 is 5.32 Å². The summed E-state index contributed by atoms with van der Waals surface area (Å²) < 4.78 is 18.8. The van der Waals surface area contributed by atoms with Gasteiger partial charge in [0.05, 0.1) is 22.9 Å². The van der Waals surface area contributed by atoms with Crippen LogP contribution in [0.1, 0.15) is 29.6 Å². The number of hydrogen-bond donors (Lipinski definition) is 1. The Balaban J connectivity index is 1.61. The lowest BCUT2D eigenvalue weighted by molar-refractivity contribution is 0.0908. The SMILES string of the molecule is O=C(NCC[C@H]1CCCO1)c1cc(-c2ccc(F)cc2)nc2ccccc12. The van der Waals surface area contributed by atoms with Gasteiger partial charge < -0.3 is 10.1 Å². The number of amides is 1. The van der Waals surface area contributed by atoms with Gasteiger partial charge in [-0.05, 0) is 55.7 Å². The molecule has 0 saturated carbocycles. The number of carbonyl (C=O) groups is 1. The van der Waals surface area contributed by atoms with Gasteiger partial charge in [-0.25, -0.2) is 9.37 Å². The molecule has 27 heavy (non-hydrogen) atoms. The molecule has 138 valence electrons. The Hall–Kier alpha value is -2.79. The summed E-state index contributed by atoms with van der Waals surface area (Å²) >= 11 is 0. The van der Waals surface area contributed by atoms with Crippen molar-refractivity contribution in [1.29, 1.82) is 0 Å². The van der Waals surface area contributed by atoms with Crippen LogP contribution in [0.2, 0.25) is 0 Å². The van der Waals surface area contributed by atoms with E-state index in [-0.39, 0.29) is 17.8 Å². The maximum absolute atomic E-state index is 13.2. The third kappa shape index (κ3) is 3.98. The molecule has 4 nitrogen and oxygen atoms in total. The highest BCUT2D eigenvalue weighted by Gasteiger charge is 2.17. The molecule has 1 atom stereocenters. The van der Waals surface area contributed by atoms with Crippen LogP contribution in [-0.2, 0) is 4.74 Å². The molecule has 4 rings (SSSR count). The summed E-state index contributed by atoms with van der Waals surface area (Å²) in [6, 6.07) is 15.5. The third-order valence-corrected chi connectivity index (χ3v) is 4.88.